The zero-order valence-electron chi connectivity index (χ0n) is 15.2. The summed E-state index contributed by atoms with van der Waals surface area (Å²) in [6, 6.07) is 24.1. The molecular weight excluding hydrogens is 354 g/mol. The van der Waals surface area contributed by atoms with E-state index in [4.69, 9.17) is 5.73 Å². The lowest BCUT2D eigenvalue weighted by Crippen LogP contribution is -2.08. The highest BCUT2D eigenvalue weighted by molar-refractivity contribution is 7.71. The fourth-order valence-corrected chi connectivity index (χ4v) is 4.10. The van der Waals surface area contributed by atoms with Crippen molar-refractivity contribution in [3.8, 4) is 11.1 Å². The van der Waals surface area contributed by atoms with Crippen molar-refractivity contribution in [3.05, 3.63) is 102 Å². The molecule has 0 amide bonds. The van der Waals surface area contributed by atoms with Gasteiger partial charge in [-0.1, -0.05) is 79.7 Å². The Kier molecular flexibility index (Phi) is 6.43. The van der Waals surface area contributed by atoms with Gasteiger partial charge in [0.25, 0.3) is 0 Å². The molecule has 0 fully saturated rings. The van der Waals surface area contributed by atoms with Crippen LogP contribution in [-0.2, 0) is 23.0 Å². The van der Waals surface area contributed by atoms with Crippen LogP contribution in [0.15, 0.2) is 72.8 Å². The Morgan fingerprint density at radius 1 is 0.889 bits per heavy atom. The minimum atomic E-state index is -2.52. The second-order valence-corrected chi connectivity index (χ2v) is 7.50. The van der Waals surface area contributed by atoms with Gasteiger partial charge in [-0.2, -0.15) is 0 Å². The zero-order valence-corrected chi connectivity index (χ0v) is 16.1. The molecule has 1 atom stereocenters. The number of hydrogen-bond acceptors (Lipinski definition) is 3. The Balaban J connectivity index is 2.10. The average molecular weight is 379 g/mol. The molecule has 0 bridgehead atoms. The van der Waals surface area contributed by atoms with Crippen LogP contribution in [0.1, 0.15) is 34.6 Å². The average Bonchev–Trinajstić information content (AvgIpc) is 2.69. The molecule has 0 aliphatic heterocycles. The van der Waals surface area contributed by atoms with Gasteiger partial charge in [0.05, 0.1) is 5.75 Å². The van der Waals surface area contributed by atoms with Gasteiger partial charge in [0.15, 0.2) is 0 Å². The Labute approximate surface area is 162 Å². The third kappa shape index (κ3) is 4.46. The normalized spacial score (nSPS) is 12.3. The van der Waals surface area contributed by atoms with Gasteiger partial charge in [-0.3, -0.25) is 0 Å². The molecule has 3 nitrogen and oxygen atoms in total. The first kappa shape index (κ1) is 19.3. The van der Waals surface area contributed by atoms with Gasteiger partial charge in [0.2, 0.25) is 0 Å². The SMILES string of the molecule is [CH2]CC(c1ccc(-c2ccccc2)c(C[SH](=O)=O)c1)c1ccccc1CN. The molecular formula is C23H24NO2S. The first-order valence-corrected chi connectivity index (χ1v) is 10.4. The quantitative estimate of drug-likeness (QED) is 0.603. The van der Waals surface area contributed by atoms with Gasteiger partial charge in [0.1, 0.15) is 10.7 Å². The minimum Gasteiger partial charge on any atom is -0.326 e. The van der Waals surface area contributed by atoms with Crippen LogP contribution < -0.4 is 5.73 Å². The summed E-state index contributed by atoms with van der Waals surface area (Å²) in [5, 5.41) is 0. The molecule has 3 aromatic rings. The number of benzene rings is 3. The summed E-state index contributed by atoms with van der Waals surface area (Å²) in [7, 11) is -2.52. The van der Waals surface area contributed by atoms with Crippen LogP contribution in [0.3, 0.4) is 0 Å². The number of thiol groups is 1. The van der Waals surface area contributed by atoms with Crippen LogP contribution in [0.4, 0.5) is 0 Å². The largest absolute Gasteiger partial charge is 0.326 e. The molecule has 27 heavy (non-hydrogen) atoms. The standard InChI is InChI=1S/C23H24NO2S/c1-2-21(23-11-7-6-10-19(23)15-24)18-12-13-22(17-8-4-3-5-9-17)20(14-18)16-27(25)26/h3-14,21,27H,1-2,15-16,24H2. The van der Waals surface area contributed by atoms with E-state index >= 15 is 0 Å². The molecule has 4 heteroatoms. The van der Waals surface area contributed by atoms with E-state index in [1.165, 1.54) is 0 Å². The fourth-order valence-electron chi connectivity index (χ4n) is 3.56. The van der Waals surface area contributed by atoms with Gasteiger partial charge < -0.3 is 5.73 Å². The van der Waals surface area contributed by atoms with Crippen LogP contribution in [0.5, 0.6) is 0 Å². The Hall–Kier alpha value is -2.43. The molecule has 0 aliphatic carbocycles. The third-order valence-electron chi connectivity index (χ3n) is 4.86. The van der Waals surface area contributed by atoms with Gasteiger partial charge in [-0.25, -0.2) is 8.42 Å². The summed E-state index contributed by atoms with van der Waals surface area (Å²) in [6.07, 6.45) is 0.671. The van der Waals surface area contributed by atoms with Crippen LogP contribution in [-0.4, -0.2) is 8.42 Å². The van der Waals surface area contributed by atoms with Crippen molar-refractivity contribution in [2.75, 3.05) is 0 Å². The lowest BCUT2D eigenvalue weighted by Gasteiger charge is -2.21. The van der Waals surface area contributed by atoms with E-state index in [1.807, 2.05) is 60.7 Å². The molecule has 0 saturated heterocycles. The summed E-state index contributed by atoms with van der Waals surface area (Å²) < 4.78 is 23.0. The number of hydrogen-bond donors (Lipinski definition) is 2. The molecule has 0 aliphatic rings. The predicted octanol–water partition coefficient (Wildman–Crippen LogP) is 4.28. The van der Waals surface area contributed by atoms with Crippen LogP contribution >= 0.6 is 0 Å². The van der Waals surface area contributed by atoms with E-state index in [2.05, 4.69) is 19.1 Å². The van der Waals surface area contributed by atoms with E-state index in [0.29, 0.717) is 13.0 Å². The van der Waals surface area contributed by atoms with Gasteiger partial charge in [-0.15, -0.1) is 0 Å². The minimum absolute atomic E-state index is 0.0236. The van der Waals surface area contributed by atoms with Crippen molar-refractivity contribution in [2.45, 2.75) is 24.6 Å². The van der Waals surface area contributed by atoms with Crippen molar-refractivity contribution in [1.82, 2.24) is 0 Å². The van der Waals surface area contributed by atoms with E-state index in [0.717, 1.165) is 33.4 Å². The topological polar surface area (TPSA) is 60.2 Å². The highest BCUT2D eigenvalue weighted by Crippen LogP contribution is 2.34. The fraction of sp³-hybridized carbons (Fsp3) is 0.174. The molecule has 3 aromatic carbocycles. The first-order chi connectivity index (χ1) is 13.1. The molecule has 1 radical (unpaired) electrons. The van der Waals surface area contributed by atoms with E-state index < -0.39 is 10.7 Å². The van der Waals surface area contributed by atoms with Crippen molar-refractivity contribution < 1.29 is 8.42 Å². The zero-order chi connectivity index (χ0) is 19.2. The van der Waals surface area contributed by atoms with E-state index in [-0.39, 0.29) is 11.7 Å². The van der Waals surface area contributed by atoms with Crippen LogP contribution in [0.2, 0.25) is 0 Å². The molecule has 0 aromatic heterocycles. The summed E-state index contributed by atoms with van der Waals surface area (Å²) >= 11 is 0. The first-order valence-electron chi connectivity index (χ1n) is 9.01. The van der Waals surface area contributed by atoms with Crippen molar-refractivity contribution >= 4 is 10.7 Å². The highest BCUT2D eigenvalue weighted by Gasteiger charge is 2.17. The lowest BCUT2D eigenvalue weighted by molar-refractivity contribution is 0.614. The molecule has 139 valence electrons. The van der Waals surface area contributed by atoms with E-state index in [9.17, 15) is 8.42 Å². The Bertz CT molecular complexity index is 973. The van der Waals surface area contributed by atoms with Gasteiger partial charge >= 0.3 is 0 Å². The summed E-state index contributed by atoms with van der Waals surface area (Å²) in [5.74, 6) is 0.105. The number of rotatable bonds is 7. The third-order valence-corrected chi connectivity index (χ3v) is 5.45. The highest BCUT2D eigenvalue weighted by atomic mass is 32.2. The lowest BCUT2D eigenvalue weighted by atomic mass is 9.84. The van der Waals surface area contributed by atoms with Crippen molar-refractivity contribution in [2.24, 2.45) is 5.73 Å². The maximum Gasteiger partial charge on any atom is 0.144 e. The Morgan fingerprint density at radius 3 is 2.26 bits per heavy atom. The van der Waals surface area contributed by atoms with Crippen molar-refractivity contribution in [1.29, 1.82) is 0 Å². The maximum absolute atomic E-state index is 11.5. The second kappa shape index (κ2) is 8.98. The van der Waals surface area contributed by atoms with Crippen LogP contribution in [0.25, 0.3) is 11.1 Å². The smallest absolute Gasteiger partial charge is 0.144 e. The second-order valence-electron chi connectivity index (χ2n) is 6.52. The van der Waals surface area contributed by atoms with Crippen molar-refractivity contribution in [3.63, 3.8) is 0 Å². The van der Waals surface area contributed by atoms with E-state index in [1.54, 1.807) is 0 Å². The molecule has 0 heterocycles. The maximum atomic E-state index is 11.5. The molecule has 1 unspecified atom stereocenters. The molecule has 3 rings (SSSR count). The summed E-state index contributed by atoms with van der Waals surface area (Å²) in [4.78, 5) is 0. The predicted molar refractivity (Wildman–Crippen MR) is 112 cm³/mol. The van der Waals surface area contributed by atoms with Gasteiger partial charge in [-0.05, 0) is 39.8 Å². The molecule has 2 N–H and O–H groups in total. The number of nitrogens with two attached hydrogens (primary N) is 1. The monoisotopic (exact) mass is 378 g/mol. The van der Waals surface area contributed by atoms with Gasteiger partial charge in [0, 0.05) is 12.5 Å². The summed E-state index contributed by atoms with van der Waals surface area (Å²) in [5.41, 5.74) is 12.0. The Morgan fingerprint density at radius 2 is 1.59 bits per heavy atom. The molecule has 0 saturated carbocycles. The summed E-state index contributed by atoms with van der Waals surface area (Å²) in [6.45, 7) is 4.59. The van der Waals surface area contributed by atoms with Crippen LogP contribution in [0, 0.1) is 6.92 Å². The molecule has 0 spiro atoms.